The van der Waals surface area contributed by atoms with E-state index >= 15 is 0 Å². The van der Waals surface area contributed by atoms with E-state index < -0.39 is 23.3 Å². The maximum atomic E-state index is 12.1. The van der Waals surface area contributed by atoms with Crippen molar-refractivity contribution >= 4 is 12.1 Å². The number of esters is 1. The molecule has 0 aliphatic carbocycles. The third-order valence-electron chi connectivity index (χ3n) is 3.83. The van der Waals surface area contributed by atoms with Crippen LogP contribution in [-0.2, 0) is 20.9 Å². The molecule has 0 bridgehead atoms. The number of piperidine rings is 1. The van der Waals surface area contributed by atoms with Gasteiger partial charge in [-0.25, -0.2) is 9.59 Å². The van der Waals surface area contributed by atoms with Gasteiger partial charge in [-0.05, 0) is 26.3 Å². The summed E-state index contributed by atoms with van der Waals surface area (Å²) in [5, 5.41) is 10.5. The van der Waals surface area contributed by atoms with Gasteiger partial charge in [0.2, 0.25) is 0 Å². The van der Waals surface area contributed by atoms with Crippen LogP contribution >= 0.6 is 0 Å². The van der Waals surface area contributed by atoms with Crippen molar-refractivity contribution in [1.29, 1.82) is 0 Å². The summed E-state index contributed by atoms with van der Waals surface area (Å²) in [6.45, 7) is 5.97. The van der Waals surface area contributed by atoms with Crippen LogP contribution in [0.25, 0.3) is 0 Å². The monoisotopic (exact) mass is 335 g/mol. The van der Waals surface area contributed by atoms with Crippen LogP contribution in [0.4, 0.5) is 4.79 Å². The summed E-state index contributed by atoms with van der Waals surface area (Å²) in [6, 6.07) is 9.42. The second-order valence-electron chi connectivity index (χ2n) is 7.06. The molecular weight excluding hydrogens is 310 g/mol. The number of benzene rings is 1. The molecule has 1 amide bonds. The zero-order chi connectivity index (χ0) is 17.8. The highest BCUT2D eigenvalue weighted by Gasteiger charge is 2.43. The van der Waals surface area contributed by atoms with Crippen molar-refractivity contribution in [3.05, 3.63) is 35.9 Å². The van der Waals surface area contributed by atoms with E-state index in [9.17, 15) is 14.7 Å². The van der Waals surface area contributed by atoms with Crippen LogP contribution in [0.1, 0.15) is 39.2 Å². The molecule has 1 aromatic carbocycles. The van der Waals surface area contributed by atoms with Gasteiger partial charge < -0.3 is 19.5 Å². The Kier molecular flexibility index (Phi) is 5.49. The van der Waals surface area contributed by atoms with E-state index in [1.165, 1.54) is 4.90 Å². The number of rotatable bonds is 3. The van der Waals surface area contributed by atoms with Gasteiger partial charge in [0, 0.05) is 25.9 Å². The molecule has 6 heteroatoms. The first-order valence-electron chi connectivity index (χ1n) is 8.11. The van der Waals surface area contributed by atoms with Gasteiger partial charge in [-0.2, -0.15) is 0 Å². The Bertz CT molecular complexity index is 571. The van der Waals surface area contributed by atoms with Gasteiger partial charge in [0.1, 0.15) is 12.2 Å². The minimum atomic E-state index is -1.54. The molecule has 1 aliphatic rings. The highest BCUT2D eigenvalue weighted by molar-refractivity contribution is 5.80. The Morgan fingerprint density at radius 1 is 1.17 bits per heavy atom. The highest BCUT2D eigenvalue weighted by atomic mass is 16.6. The van der Waals surface area contributed by atoms with E-state index in [-0.39, 0.29) is 32.5 Å². The molecule has 2 rings (SSSR count). The average molecular weight is 335 g/mol. The molecular formula is C18H25NO5. The summed E-state index contributed by atoms with van der Waals surface area (Å²) >= 11 is 0. The van der Waals surface area contributed by atoms with Crippen molar-refractivity contribution in [2.24, 2.45) is 0 Å². The minimum Gasteiger partial charge on any atom is -0.458 e. The molecule has 0 aromatic heterocycles. The van der Waals surface area contributed by atoms with Crippen molar-refractivity contribution in [2.45, 2.75) is 51.4 Å². The van der Waals surface area contributed by atoms with E-state index in [2.05, 4.69) is 0 Å². The third kappa shape index (κ3) is 4.96. The molecule has 0 unspecified atom stereocenters. The summed E-state index contributed by atoms with van der Waals surface area (Å²) in [4.78, 5) is 25.7. The zero-order valence-corrected chi connectivity index (χ0v) is 14.4. The van der Waals surface area contributed by atoms with Crippen molar-refractivity contribution < 1.29 is 24.2 Å². The second kappa shape index (κ2) is 7.21. The fourth-order valence-corrected chi connectivity index (χ4v) is 2.45. The number of ether oxygens (including phenoxy) is 2. The Balaban J connectivity index is 1.83. The lowest BCUT2D eigenvalue weighted by molar-refractivity contribution is -0.181. The smallest absolute Gasteiger partial charge is 0.410 e. The lowest BCUT2D eigenvalue weighted by Gasteiger charge is -2.37. The summed E-state index contributed by atoms with van der Waals surface area (Å²) in [6.07, 6.45) is -0.157. The fourth-order valence-electron chi connectivity index (χ4n) is 2.45. The SMILES string of the molecule is CC(C)(C)OC(=O)C1(O)CCN(C(=O)OCc2ccccc2)CC1. The number of carbonyl (C=O) groups is 2. The Morgan fingerprint density at radius 3 is 2.29 bits per heavy atom. The maximum absolute atomic E-state index is 12.1. The quantitative estimate of drug-likeness (QED) is 0.859. The Labute approximate surface area is 142 Å². The first-order valence-corrected chi connectivity index (χ1v) is 8.11. The van der Waals surface area contributed by atoms with Crippen molar-refractivity contribution in [2.75, 3.05) is 13.1 Å². The fraction of sp³-hybridized carbons (Fsp3) is 0.556. The Morgan fingerprint density at radius 2 is 1.75 bits per heavy atom. The lowest BCUT2D eigenvalue weighted by atomic mass is 9.91. The van der Waals surface area contributed by atoms with E-state index in [4.69, 9.17) is 9.47 Å². The summed E-state index contributed by atoms with van der Waals surface area (Å²) in [5.74, 6) is -0.632. The van der Waals surface area contributed by atoms with Gasteiger partial charge in [0.05, 0.1) is 0 Å². The third-order valence-corrected chi connectivity index (χ3v) is 3.83. The molecule has 0 atom stereocenters. The minimum absolute atomic E-state index is 0.141. The first-order chi connectivity index (χ1) is 11.2. The lowest BCUT2D eigenvalue weighted by Crippen LogP contribution is -2.52. The first kappa shape index (κ1) is 18.3. The molecule has 1 aromatic rings. The van der Waals surface area contributed by atoms with Gasteiger partial charge in [0.15, 0.2) is 5.60 Å². The normalized spacial score (nSPS) is 17.2. The Hall–Kier alpha value is -2.08. The molecule has 1 saturated heterocycles. The van der Waals surface area contributed by atoms with Gasteiger partial charge >= 0.3 is 12.1 Å². The van der Waals surface area contributed by atoms with Crippen LogP contribution in [0.3, 0.4) is 0 Å². The predicted octanol–water partition coefficient (Wildman–Crippen LogP) is 2.49. The number of hydrogen-bond donors (Lipinski definition) is 1. The van der Waals surface area contributed by atoms with Gasteiger partial charge in [-0.3, -0.25) is 0 Å². The topological polar surface area (TPSA) is 76.1 Å². The van der Waals surface area contributed by atoms with Crippen molar-refractivity contribution in [1.82, 2.24) is 4.90 Å². The van der Waals surface area contributed by atoms with E-state index in [0.29, 0.717) is 0 Å². The molecule has 1 aliphatic heterocycles. The average Bonchev–Trinajstić information content (AvgIpc) is 2.52. The predicted molar refractivity (Wildman–Crippen MR) is 88.2 cm³/mol. The summed E-state index contributed by atoms with van der Waals surface area (Å²) in [7, 11) is 0. The van der Waals surface area contributed by atoms with Gasteiger partial charge in [-0.1, -0.05) is 30.3 Å². The number of amides is 1. The maximum Gasteiger partial charge on any atom is 0.410 e. The molecule has 6 nitrogen and oxygen atoms in total. The molecule has 132 valence electrons. The summed E-state index contributed by atoms with van der Waals surface area (Å²) < 4.78 is 10.5. The second-order valence-corrected chi connectivity index (χ2v) is 7.06. The largest absolute Gasteiger partial charge is 0.458 e. The number of carbonyl (C=O) groups excluding carboxylic acids is 2. The van der Waals surface area contributed by atoms with Crippen LogP contribution in [-0.4, -0.2) is 46.4 Å². The van der Waals surface area contributed by atoms with E-state index in [1.54, 1.807) is 20.8 Å². The highest BCUT2D eigenvalue weighted by Crippen LogP contribution is 2.26. The molecule has 1 N–H and O–H groups in total. The molecule has 24 heavy (non-hydrogen) atoms. The number of likely N-dealkylation sites (tertiary alicyclic amines) is 1. The number of hydrogen-bond acceptors (Lipinski definition) is 5. The van der Waals surface area contributed by atoms with Crippen LogP contribution in [0.2, 0.25) is 0 Å². The molecule has 0 saturated carbocycles. The van der Waals surface area contributed by atoms with E-state index in [0.717, 1.165) is 5.56 Å². The molecule has 0 radical (unpaired) electrons. The number of nitrogens with zero attached hydrogens (tertiary/aromatic N) is 1. The standard InChI is InChI=1S/C18H25NO5/c1-17(2,3)24-15(20)18(22)9-11-19(12-10-18)16(21)23-13-14-7-5-4-6-8-14/h4-8,22H,9-13H2,1-3H3. The summed E-state index contributed by atoms with van der Waals surface area (Å²) in [5.41, 5.74) is -1.28. The van der Waals surface area contributed by atoms with Crippen LogP contribution in [0.15, 0.2) is 30.3 Å². The van der Waals surface area contributed by atoms with Gasteiger partial charge in [0.25, 0.3) is 0 Å². The molecule has 1 fully saturated rings. The van der Waals surface area contributed by atoms with Gasteiger partial charge in [-0.15, -0.1) is 0 Å². The molecule has 1 heterocycles. The van der Waals surface area contributed by atoms with Crippen molar-refractivity contribution in [3.63, 3.8) is 0 Å². The molecule has 0 spiro atoms. The number of aliphatic hydroxyl groups is 1. The van der Waals surface area contributed by atoms with Crippen LogP contribution in [0.5, 0.6) is 0 Å². The van der Waals surface area contributed by atoms with Crippen LogP contribution < -0.4 is 0 Å². The van der Waals surface area contributed by atoms with Crippen molar-refractivity contribution in [3.8, 4) is 0 Å². The van der Waals surface area contributed by atoms with E-state index in [1.807, 2.05) is 30.3 Å². The zero-order valence-electron chi connectivity index (χ0n) is 14.4. The van der Waals surface area contributed by atoms with Crippen LogP contribution in [0, 0.1) is 0 Å².